The lowest BCUT2D eigenvalue weighted by Crippen LogP contribution is -2.37. The molecule has 0 saturated carbocycles. The van der Waals surface area contributed by atoms with Gasteiger partial charge in [-0.1, -0.05) is 194 Å². The molecule has 27 nitrogen and oxygen atoms in total. The van der Waals surface area contributed by atoms with Crippen molar-refractivity contribution in [3.8, 4) is 0 Å². The maximum atomic E-state index is 13.8. The van der Waals surface area contributed by atoms with E-state index in [0.717, 1.165) is 36.2 Å². The van der Waals surface area contributed by atoms with E-state index in [-0.39, 0.29) is 125 Å². The minimum atomic E-state index is -0.180. The van der Waals surface area contributed by atoms with E-state index >= 15 is 0 Å². The summed E-state index contributed by atoms with van der Waals surface area (Å²) >= 11 is 1.59. The molecule has 0 aliphatic rings. The first-order valence-corrected chi connectivity index (χ1v) is 43.9. The summed E-state index contributed by atoms with van der Waals surface area (Å²) in [5.41, 5.74) is 1.37. The summed E-state index contributed by atoms with van der Waals surface area (Å²) < 4.78 is 67.4. The van der Waals surface area contributed by atoms with E-state index in [1.54, 1.807) is 28.8 Å². The van der Waals surface area contributed by atoms with Crippen molar-refractivity contribution in [1.29, 1.82) is 0 Å². The summed E-state index contributed by atoms with van der Waals surface area (Å²) in [6, 6.07) is 7.26. The van der Waals surface area contributed by atoms with Gasteiger partial charge in [0.05, 0.1) is 165 Å². The van der Waals surface area contributed by atoms with Gasteiger partial charge in [0.1, 0.15) is 0 Å². The average Bonchev–Trinajstić information content (AvgIpc) is 0.846. The summed E-state index contributed by atoms with van der Waals surface area (Å²) in [5.74, 6) is -0.711. The standard InChI is InChI=1S/C85H152N8O19S/c1-6-8-10-12-14-16-18-20-22-24-26-28-30-32-79(94)87-44-56-105-58-46-91-81(96)38-50-101-54-42-89-83(98)40-52-103-62-66-109-70-72-111-68-64-107-60-48-93(85(100)77-36-34-76(35-37-77)78(74-86-5)113-75(3)4)49-61-108-65-69-112-73-71-110-67-63-104-53-41-84(99)90-43-55-102-51-39-82(97)92-47-59-106-57-45-88-80(95)33-31-29-27-25-23-21-19-17-15-13-11-9-7-2/h34-37,74-75H,6-33,38-73H2,1-4H3,(H,87,94)(H,88,95)(H,89,98)(H,90,99)(H,91,96)(H,92,97)/b78-74+. The third-order valence-corrected chi connectivity index (χ3v) is 18.9. The molecular formula is C85H152N8O19S. The molecule has 1 rings (SSSR count). The highest BCUT2D eigenvalue weighted by atomic mass is 32.2. The molecule has 6 N–H and O–H groups in total. The fraction of sp³-hybridized carbons (Fsp3) is 0.812. The first kappa shape index (κ1) is 106. The Kier molecular flexibility index (Phi) is 77.7. The van der Waals surface area contributed by atoms with Crippen molar-refractivity contribution in [1.82, 2.24) is 36.8 Å². The van der Waals surface area contributed by atoms with Gasteiger partial charge in [0.2, 0.25) is 35.4 Å². The average molecular weight is 1620 g/mol. The number of thioether (sulfide) groups is 1. The van der Waals surface area contributed by atoms with Gasteiger partial charge in [0, 0.05) is 107 Å². The number of hydrogen-bond acceptors (Lipinski definition) is 20. The van der Waals surface area contributed by atoms with Crippen molar-refractivity contribution < 1.29 is 90.4 Å². The third kappa shape index (κ3) is 73.9. The van der Waals surface area contributed by atoms with Gasteiger partial charge in [-0.05, 0) is 30.5 Å². The van der Waals surface area contributed by atoms with E-state index in [4.69, 9.17) is 63.4 Å². The molecule has 0 saturated heterocycles. The Hall–Kier alpha value is -5.39. The van der Waals surface area contributed by atoms with E-state index in [1.807, 2.05) is 12.1 Å². The van der Waals surface area contributed by atoms with E-state index < -0.39 is 0 Å². The van der Waals surface area contributed by atoms with Gasteiger partial charge in [-0.15, -0.1) is 11.8 Å². The summed E-state index contributed by atoms with van der Waals surface area (Å²) in [5, 5.41) is 17.2. The third-order valence-electron chi connectivity index (χ3n) is 17.8. The summed E-state index contributed by atoms with van der Waals surface area (Å²) in [6.07, 6.45) is 36.6. The van der Waals surface area contributed by atoms with Gasteiger partial charge in [0.15, 0.2) is 6.20 Å². The first-order chi connectivity index (χ1) is 55.4. The highest BCUT2D eigenvalue weighted by Gasteiger charge is 2.18. The quantitative estimate of drug-likeness (QED) is 0.0261. The largest absolute Gasteiger partial charge is 0.379 e. The molecule has 0 bridgehead atoms. The van der Waals surface area contributed by atoms with Crippen LogP contribution in [-0.2, 0) is 85.6 Å². The van der Waals surface area contributed by atoms with Gasteiger partial charge in [-0.2, -0.15) is 0 Å². The van der Waals surface area contributed by atoms with Crippen LogP contribution in [0.1, 0.15) is 249 Å². The van der Waals surface area contributed by atoms with Crippen LogP contribution in [0.25, 0.3) is 9.75 Å². The van der Waals surface area contributed by atoms with E-state index in [9.17, 15) is 33.6 Å². The molecule has 0 heterocycles. The molecule has 1 aromatic carbocycles. The number of benzene rings is 1. The maximum absolute atomic E-state index is 13.8. The molecule has 0 unspecified atom stereocenters. The predicted octanol–water partition coefficient (Wildman–Crippen LogP) is 11.9. The Morgan fingerprint density at radius 3 is 0.805 bits per heavy atom. The lowest BCUT2D eigenvalue weighted by Gasteiger charge is -2.23. The number of nitrogens with zero attached hydrogens (tertiary/aromatic N) is 2. The van der Waals surface area contributed by atoms with Crippen LogP contribution in [-0.4, -0.2) is 262 Å². The van der Waals surface area contributed by atoms with Crippen LogP contribution >= 0.6 is 11.8 Å². The van der Waals surface area contributed by atoms with Crippen LogP contribution in [0.2, 0.25) is 0 Å². The van der Waals surface area contributed by atoms with Crippen LogP contribution in [0.3, 0.4) is 0 Å². The molecular weight excluding hydrogens is 1470 g/mol. The summed E-state index contributed by atoms with van der Waals surface area (Å²) in [6.45, 7) is 26.4. The zero-order valence-electron chi connectivity index (χ0n) is 70.3. The zero-order chi connectivity index (χ0) is 81.9. The SMILES string of the molecule is [C-]#[N+]/C=C(/SC(C)C)c1ccc(C(=O)N(CCOCCOCCOCCOCCC(=O)NCCOCCC(=O)NCCOCCNC(=O)CCCCCCCCCCCCCCC)CCOCCOCCOCCOCCC(=O)NCCOCCC(=O)NCCOCCNC(=O)CCCCCCCCCCCCCCC)cc1. The number of unbranched alkanes of at least 4 members (excludes halogenated alkanes) is 24. The monoisotopic (exact) mass is 1620 g/mol. The highest BCUT2D eigenvalue weighted by Crippen LogP contribution is 2.31. The number of ether oxygens (including phenoxy) is 12. The van der Waals surface area contributed by atoms with Crippen molar-refractivity contribution in [2.45, 2.75) is 238 Å². The molecule has 652 valence electrons. The fourth-order valence-corrected chi connectivity index (χ4v) is 12.3. The van der Waals surface area contributed by atoms with Crippen molar-refractivity contribution in [3.05, 3.63) is 53.0 Å². The lowest BCUT2D eigenvalue weighted by molar-refractivity contribution is -0.124. The minimum absolute atomic E-state index is 0.0562. The Morgan fingerprint density at radius 2 is 0.540 bits per heavy atom. The van der Waals surface area contributed by atoms with Crippen molar-refractivity contribution >= 4 is 58.0 Å². The van der Waals surface area contributed by atoms with Crippen LogP contribution in [0, 0.1) is 6.57 Å². The van der Waals surface area contributed by atoms with E-state index in [2.05, 4.69) is 64.4 Å². The lowest BCUT2D eigenvalue weighted by atomic mass is 10.0. The minimum Gasteiger partial charge on any atom is -0.379 e. The summed E-state index contributed by atoms with van der Waals surface area (Å²) in [4.78, 5) is 92.8. The molecule has 0 radical (unpaired) electrons. The molecule has 1 aromatic rings. The topological polar surface area (TPSA) is 310 Å². The molecule has 7 amide bonds. The van der Waals surface area contributed by atoms with Crippen molar-refractivity contribution in [2.24, 2.45) is 0 Å². The van der Waals surface area contributed by atoms with Crippen LogP contribution < -0.4 is 31.9 Å². The Labute approximate surface area is 684 Å². The van der Waals surface area contributed by atoms with Crippen molar-refractivity contribution in [3.63, 3.8) is 0 Å². The fourth-order valence-electron chi connectivity index (χ4n) is 11.4. The zero-order valence-corrected chi connectivity index (χ0v) is 71.1. The number of nitrogens with one attached hydrogen (secondary N) is 6. The normalized spacial score (nSPS) is 11.5. The summed E-state index contributed by atoms with van der Waals surface area (Å²) in [7, 11) is 0. The van der Waals surface area contributed by atoms with Gasteiger partial charge < -0.3 is 93.6 Å². The molecule has 0 aliphatic carbocycles. The molecule has 28 heteroatoms. The molecule has 0 aromatic heterocycles. The Balaban J connectivity index is 2.08. The number of carbonyl (C=O) groups excluding carboxylic acids is 7. The second-order valence-electron chi connectivity index (χ2n) is 28.1. The molecule has 0 spiro atoms. The maximum Gasteiger partial charge on any atom is 0.254 e. The van der Waals surface area contributed by atoms with Gasteiger partial charge in [-0.25, -0.2) is 4.85 Å². The predicted molar refractivity (Wildman–Crippen MR) is 447 cm³/mol. The van der Waals surface area contributed by atoms with Crippen LogP contribution in [0.15, 0.2) is 30.5 Å². The molecule has 0 atom stereocenters. The number of amides is 7. The van der Waals surface area contributed by atoms with E-state index in [0.29, 0.717) is 176 Å². The Bertz CT molecular complexity index is 2380. The number of rotatable bonds is 86. The molecule has 0 fully saturated rings. The van der Waals surface area contributed by atoms with Gasteiger partial charge >= 0.3 is 0 Å². The smallest absolute Gasteiger partial charge is 0.254 e. The number of hydrogen-bond donors (Lipinski definition) is 6. The van der Waals surface area contributed by atoms with Crippen molar-refractivity contribution in [2.75, 3.05) is 211 Å². The second-order valence-corrected chi connectivity index (χ2v) is 29.7. The molecule has 0 aliphatic heterocycles. The number of carbonyl (C=O) groups is 7. The van der Waals surface area contributed by atoms with Crippen LogP contribution in [0.4, 0.5) is 0 Å². The second kappa shape index (κ2) is 83.1. The van der Waals surface area contributed by atoms with Gasteiger partial charge in [0.25, 0.3) is 5.91 Å². The highest BCUT2D eigenvalue weighted by molar-refractivity contribution is 8.08. The first-order valence-electron chi connectivity index (χ1n) is 43.1. The van der Waals surface area contributed by atoms with E-state index in [1.165, 1.54) is 147 Å². The molecule has 113 heavy (non-hydrogen) atoms. The van der Waals surface area contributed by atoms with Crippen LogP contribution in [0.5, 0.6) is 0 Å². The Morgan fingerprint density at radius 1 is 0.319 bits per heavy atom. The van der Waals surface area contributed by atoms with Gasteiger partial charge in [-0.3, -0.25) is 33.6 Å².